The second kappa shape index (κ2) is 8.93. The first kappa shape index (κ1) is 20.5. The number of amides is 2. The van der Waals surface area contributed by atoms with Crippen molar-refractivity contribution in [2.75, 3.05) is 11.1 Å². The zero-order chi connectivity index (χ0) is 21.8. The van der Waals surface area contributed by atoms with Crippen LogP contribution in [0.5, 0.6) is 0 Å². The number of carbonyl (C=O) groups excluding carboxylic acids is 1. The van der Waals surface area contributed by atoms with Crippen LogP contribution in [0.25, 0.3) is 16.9 Å². The van der Waals surface area contributed by atoms with Gasteiger partial charge in [0.05, 0.1) is 11.7 Å². The Balaban J connectivity index is 1.67. The van der Waals surface area contributed by atoms with Gasteiger partial charge in [-0.3, -0.25) is 0 Å². The van der Waals surface area contributed by atoms with Crippen molar-refractivity contribution >= 4 is 29.1 Å². The topological polar surface area (TPSA) is 85.0 Å². The van der Waals surface area contributed by atoms with E-state index in [1.807, 2.05) is 79.7 Å². The molecule has 31 heavy (non-hydrogen) atoms. The second-order valence-corrected chi connectivity index (χ2v) is 7.53. The maximum Gasteiger partial charge on any atom is 0.319 e. The minimum absolute atomic E-state index is 0.172. The Morgan fingerprint density at radius 3 is 2.23 bits per heavy atom. The number of aromatic nitrogens is 2. The summed E-state index contributed by atoms with van der Waals surface area (Å²) < 4.78 is 1.59. The van der Waals surface area contributed by atoms with Gasteiger partial charge in [-0.05, 0) is 36.8 Å². The number of urea groups is 1. The Morgan fingerprint density at radius 1 is 0.968 bits per heavy atom. The van der Waals surface area contributed by atoms with Gasteiger partial charge in [-0.1, -0.05) is 72.3 Å². The van der Waals surface area contributed by atoms with Crippen molar-refractivity contribution in [1.29, 1.82) is 0 Å². The summed E-state index contributed by atoms with van der Waals surface area (Å²) in [4.78, 5) is 12.8. The number of hydrogen-bond donors (Lipinski definition) is 3. The van der Waals surface area contributed by atoms with Crippen LogP contribution >= 0.6 is 11.6 Å². The maximum absolute atomic E-state index is 12.8. The number of carbonyl (C=O) groups is 1. The fraction of sp³-hybridized carbons (Fsp3) is 0.0833. The molecule has 3 aromatic carbocycles. The van der Waals surface area contributed by atoms with Crippen molar-refractivity contribution in [2.24, 2.45) is 0 Å². The molecule has 4 aromatic rings. The van der Waals surface area contributed by atoms with E-state index in [1.165, 1.54) is 0 Å². The molecule has 0 saturated heterocycles. The Morgan fingerprint density at radius 2 is 1.58 bits per heavy atom. The molecule has 2 amide bonds. The second-order valence-electron chi connectivity index (χ2n) is 7.09. The van der Waals surface area contributed by atoms with E-state index < -0.39 is 0 Å². The first-order chi connectivity index (χ1) is 15.0. The molecule has 0 bridgehead atoms. The standard InChI is InChI=1S/C24H22ClN5O/c1-16(17-8-4-2-5-9-17)27-24(31)28-22-21(18-10-6-3-7-11-18)29-30(23(22)26)20-14-12-19(25)13-15-20/h2-16H,26H2,1H3,(H2,27,28,31)/t16-/m0/s1. The molecular formula is C24H22ClN5O. The molecule has 1 atom stereocenters. The molecule has 6 nitrogen and oxygen atoms in total. The van der Waals surface area contributed by atoms with Crippen molar-refractivity contribution in [1.82, 2.24) is 15.1 Å². The highest BCUT2D eigenvalue weighted by molar-refractivity contribution is 6.30. The number of nitrogens with two attached hydrogens (primary N) is 1. The van der Waals surface area contributed by atoms with E-state index in [2.05, 4.69) is 15.7 Å². The highest BCUT2D eigenvalue weighted by atomic mass is 35.5. The molecule has 1 aromatic heterocycles. The smallest absolute Gasteiger partial charge is 0.319 e. The van der Waals surface area contributed by atoms with Crippen LogP contribution in [0.1, 0.15) is 18.5 Å². The van der Waals surface area contributed by atoms with Gasteiger partial charge < -0.3 is 16.4 Å². The number of nitrogen functional groups attached to an aromatic ring is 1. The van der Waals surface area contributed by atoms with Crippen molar-refractivity contribution in [3.05, 3.63) is 95.5 Å². The van der Waals surface area contributed by atoms with E-state index in [-0.39, 0.29) is 12.1 Å². The van der Waals surface area contributed by atoms with E-state index in [4.69, 9.17) is 17.3 Å². The molecule has 0 spiro atoms. The van der Waals surface area contributed by atoms with Crippen LogP contribution in [0.3, 0.4) is 0 Å². The van der Waals surface area contributed by atoms with E-state index in [0.29, 0.717) is 22.2 Å². The molecule has 7 heteroatoms. The third-order valence-electron chi connectivity index (χ3n) is 4.93. The van der Waals surface area contributed by atoms with E-state index in [9.17, 15) is 4.79 Å². The number of halogens is 1. The summed E-state index contributed by atoms with van der Waals surface area (Å²) >= 11 is 6.01. The van der Waals surface area contributed by atoms with Crippen LogP contribution in [0.2, 0.25) is 5.02 Å². The van der Waals surface area contributed by atoms with Crippen molar-refractivity contribution in [2.45, 2.75) is 13.0 Å². The monoisotopic (exact) mass is 431 g/mol. The zero-order valence-electron chi connectivity index (χ0n) is 16.9. The summed E-state index contributed by atoms with van der Waals surface area (Å²) in [5.74, 6) is 0.323. The highest BCUT2D eigenvalue weighted by Gasteiger charge is 2.21. The minimum Gasteiger partial charge on any atom is -0.382 e. The SMILES string of the molecule is C[C@H](NC(=O)Nc1c(-c2ccccc2)nn(-c2ccc(Cl)cc2)c1N)c1ccccc1. The molecule has 0 aliphatic carbocycles. The number of rotatable bonds is 5. The third kappa shape index (κ3) is 4.54. The van der Waals surface area contributed by atoms with Crippen molar-refractivity contribution in [3.63, 3.8) is 0 Å². The predicted octanol–water partition coefficient (Wildman–Crippen LogP) is 5.66. The van der Waals surface area contributed by atoms with Gasteiger partial charge in [0.25, 0.3) is 0 Å². The van der Waals surface area contributed by atoms with Crippen LogP contribution in [0, 0.1) is 0 Å². The summed E-state index contributed by atoms with van der Waals surface area (Å²) in [7, 11) is 0. The van der Waals surface area contributed by atoms with Gasteiger partial charge in [-0.25, -0.2) is 9.48 Å². The Kier molecular flexibility index (Phi) is 5.91. The summed E-state index contributed by atoms with van der Waals surface area (Å²) in [6, 6.07) is 26.0. The van der Waals surface area contributed by atoms with Gasteiger partial charge in [-0.2, -0.15) is 5.10 Å². The predicted molar refractivity (Wildman–Crippen MR) is 125 cm³/mol. The van der Waals surface area contributed by atoms with E-state index in [1.54, 1.807) is 16.8 Å². The highest BCUT2D eigenvalue weighted by Crippen LogP contribution is 2.34. The molecule has 4 rings (SSSR count). The van der Waals surface area contributed by atoms with E-state index >= 15 is 0 Å². The van der Waals surface area contributed by atoms with Gasteiger partial charge in [0.2, 0.25) is 0 Å². The van der Waals surface area contributed by atoms with Gasteiger partial charge in [-0.15, -0.1) is 0 Å². The lowest BCUT2D eigenvalue weighted by atomic mass is 10.1. The summed E-state index contributed by atoms with van der Waals surface area (Å²) in [6.45, 7) is 1.92. The van der Waals surface area contributed by atoms with Crippen molar-refractivity contribution in [3.8, 4) is 16.9 Å². The van der Waals surface area contributed by atoms with Crippen LogP contribution in [-0.2, 0) is 0 Å². The lowest BCUT2D eigenvalue weighted by Gasteiger charge is -2.15. The fourth-order valence-corrected chi connectivity index (χ4v) is 3.43. The lowest BCUT2D eigenvalue weighted by molar-refractivity contribution is 0.249. The lowest BCUT2D eigenvalue weighted by Crippen LogP contribution is -2.31. The third-order valence-corrected chi connectivity index (χ3v) is 5.18. The molecule has 0 fully saturated rings. The van der Waals surface area contributed by atoms with Gasteiger partial charge in [0, 0.05) is 10.6 Å². The Labute approximate surface area is 185 Å². The quantitative estimate of drug-likeness (QED) is 0.381. The molecule has 0 saturated carbocycles. The van der Waals surface area contributed by atoms with Gasteiger partial charge in [0.1, 0.15) is 11.4 Å². The van der Waals surface area contributed by atoms with Crippen LogP contribution < -0.4 is 16.4 Å². The van der Waals surface area contributed by atoms with Crippen LogP contribution in [0.4, 0.5) is 16.3 Å². The normalized spacial score (nSPS) is 11.7. The number of nitrogens with zero attached hydrogens (tertiary/aromatic N) is 2. The summed E-state index contributed by atoms with van der Waals surface area (Å²) in [5.41, 5.74) is 10.0. The largest absolute Gasteiger partial charge is 0.382 e. The van der Waals surface area contributed by atoms with Crippen LogP contribution in [-0.4, -0.2) is 15.8 Å². The summed E-state index contributed by atoms with van der Waals surface area (Å²) in [6.07, 6.45) is 0. The first-order valence-electron chi connectivity index (χ1n) is 9.85. The first-order valence-corrected chi connectivity index (χ1v) is 10.2. The number of hydrogen-bond acceptors (Lipinski definition) is 3. The zero-order valence-corrected chi connectivity index (χ0v) is 17.7. The summed E-state index contributed by atoms with van der Waals surface area (Å²) in [5, 5.41) is 11.1. The number of benzene rings is 3. The Hall–Kier alpha value is -3.77. The molecule has 1 heterocycles. The molecular weight excluding hydrogens is 410 g/mol. The van der Waals surface area contributed by atoms with Gasteiger partial charge in [0.15, 0.2) is 5.82 Å². The Bertz CT molecular complexity index is 1170. The average Bonchev–Trinajstić information content (AvgIpc) is 3.11. The number of anilines is 2. The molecule has 0 aliphatic heterocycles. The molecule has 156 valence electrons. The maximum atomic E-state index is 12.8. The molecule has 4 N–H and O–H groups in total. The van der Waals surface area contributed by atoms with Gasteiger partial charge >= 0.3 is 6.03 Å². The molecule has 0 radical (unpaired) electrons. The molecule has 0 aliphatic rings. The minimum atomic E-state index is -0.365. The number of nitrogens with one attached hydrogen (secondary N) is 2. The average molecular weight is 432 g/mol. The molecule has 0 unspecified atom stereocenters. The van der Waals surface area contributed by atoms with Crippen LogP contribution in [0.15, 0.2) is 84.9 Å². The van der Waals surface area contributed by atoms with Crippen molar-refractivity contribution < 1.29 is 4.79 Å². The fourth-order valence-electron chi connectivity index (χ4n) is 3.30. The van der Waals surface area contributed by atoms with E-state index in [0.717, 1.165) is 16.8 Å².